The zero-order valence-corrected chi connectivity index (χ0v) is 10.6. The Morgan fingerprint density at radius 2 is 1.73 bits per heavy atom. The Kier molecular flexibility index (Phi) is 4.91. The number of nitrogens with one attached hydrogen (secondary N) is 1. The van der Waals surface area contributed by atoms with Crippen LogP contribution in [0.3, 0.4) is 0 Å². The van der Waals surface area contributed by atoms with Gasteiger partial charge in [-0.3, -0.25) is 0 Å². The van der Waals surface area contributed by atoms with Gasteiger partial charge in [-0.1, -0.05) is 0 Å². The minimum atomic E-state index is 0. The highest BCUT2D eigenvalue weighted by Gasteiger charge is 2.09. The molecule has 0 spiro atoms. The number of ether oxygens (including phenoxy) is 1. The zero-order valence-electron chi connectivity index (χ0n) is 8.90. The molecule has 1 heterocycles. The molecule has 0 aromatic heterocycles. The third kappa shape index (κ3) is 3.11. The van der Waals surface area contributed by atoms with Crippen LogP contribution >= 0.6 is 17.0 Å². The van der Waals surface area contributed by atoms with Crippen molar-refractivity contribution in [2.24, 2.45) is 0 Å². The van der Waals surface area contributed by atoms with Crippen molar-refractivity contribution in [2.75, 3.05) is 38.2 Å². The Morgan fingerprint density at radius 3 is 2.27 bits per heavy atom. The molecule has 1 aromatic rings. The van der Waals surface area contributed by atoms with Crippen molar-refractivity contribution in [1.29, 1.82) is 0 Å². The molecule has 15 heavy (non-hydrogen) atoms. The highest BCUT2D eigenvalue weighted by molar-refractivity contribution is 8.93. The Balaban J connectivity index is 0.00000112. The van der Waals surface area contributed by atoms with Crippen LogP contribution < -0.4 is 15.0 Å². The summed E-state index contributed by atoms with van der Waals surface area (Å²) < 4.78 is 5.13. The van der Waals surface area contributed by atoms with E-state index in [9.17, 15) is 0 Å². The number of rotatable bonds is 2. The monoisotopic (exact) mass is 272 g/mol. The van der Waals surface area contributed by atoms with Crippen molar-refractivity contribution in [3.05, 3.63) is 24.3 Å². The molecule has 0 bridgehead atoms. The lowest BCUT2D eigenvalue weighted by Gasteiger charge is -2.29. The highest BCUT2D eigenvalue weighted by atomic mass is 79.9. The van der Waals surface area contributed by atoms with Gasteiger partial charge in [-0.25, -0.2) is 0 Å². The average Bonchev–Trinajstić information content (AvgIpc) is 2.30. The van der Waals surface area contributed by atoms with Crippen LogP contribution in [0.1, 0.15) is 0 Å². The van der Waals surface area contributed by atoms with Crippen LogP contribution in [0.2, 0.25) is 0 Å². The summed E-state index contributed by atoms with van der Waals surface area (Å²) in [6.45, 7) is 4.33. The molecule has 1 fully saturated rings. The molecule has 4 heteroatoms. The van der Waals surface area contributed by atoms with Gasteiger partial charge in [0, 0.05) is 31.9 Å². The summed E-state index contributed by atoms with van der Waals surface area (Å²) >= 11 is 0. The summed E-state index contributed by atoms with van der Waals surface area (Å²) in [5.41, 5.74) is 1.28. The predicted molar refractivity (Wildman–Crippen MR) is 68.4 cm³/mol. The van der Waals surface area contributed by atoms with E-state index in [0.717, 1.165) is 31.9 Å². The highest BCUT2D eigenvalue weighted by Crippen LogP contribution is 2.19. The van der Waals surface area contributed by atoms with Crippen LogP contribution in [-0.4, -0.2) is 33.3 Å². The van der Waals surface area contributed by atoms with Crippen LogP contribution in [0, 0.1) is 0 Å². The maximum absolute atomic E-state index is 5.13. The summed E-state index contributed by atoms with van der Waals surface area (Å²) in [5, 5.41) is 3.34. The van der Waals surface area contributed by atoms with Gasteiger partial charge in [0.1, 0.15) is 5.75 Å². The molecule has 1 N–H and O–H groups in total. The Labute approximate surface area is 101 Å². The lowest BCUT2D eigenvalue weighted by atomic mass is 10.2. The van der Waals surface area contributed by atoms with E-state index in [2.05, 4.69) is 22.3 Å². The fraction of sp³-hybridized carbons (Fsp3) is 0.455. The first-order chi connectivity index (χ1) is 6.90. The maximum atomic E-state index is 5.13. The number of nitrogens with zero attached hydrogens (tertiary/aromatic N) is 1. The Hall–Kier alpha value is -0.740. The van der Waals surface area contributed by atoms with Gasteiger partial charge in [-0.2, -0.15) is 0 Å². The van der Waals surface area contributed by atoms with Gasteiger partial charge < -0.3 is 15.0 Å². The van der Waals surface area contributed by atoms with Crippen molar-refractivity contribution < 1.29 is 4.74 Å². The van der Waals surface area contributed by atoms with Gasteiger partial charge in [0.25, 0.3) is 0 Å². The number of methoxy groups -OCH3 is 1. The quantitative estimate of drug-likeness (QED) is 0.887. The van der Waals surface area contributed by atoms with Crippen molar-refractivity contribution in [1.82, 2.24) is 5.32 Å². The molecule has 1 aliphatic rings. The first kappa shape index (κ1) is 12.3. The number of piperazine rings is 1. The minimum Gasteiger partial charge on any atom is -0.497 e. The second kappa shape index (κ2) is 5.98. The first-order valence-corrected chi connectivity index (χ1v) is 5.00. The Bertz CT molecular complexity index is 283. The van der Waals surface area contributed by atoms with E-state index in [1.54, 1.807) is 7.11 Å². The van der Waals surface area contributed by atoms with E-state index in [4.69, 9.17) is 4.74 Å². The summed E-state index contributed by atoms with van der Waals surface area (Å²) in [6, 6.07) is 8.25. The first-order valence-electron chi connectivity index (χ1n) is 5.00. The van der Waals surface area contributed by atoms with Gasteiger partial charge in [-0.15, -0.1) is 17.0 Å². The van der Waals surface area contributed by atoms with Gasteiger partial charge in [-0.05, 0) is 24.3 Å². The molecule has 0 amide bonds. The van der Waals surface area contributed by atoms with E-state index in [1.807, 2.05) is 12.1 Å². The third-order valence-electron chi connectivity index (χ3n) is 2.55. The fourth-order valence-corrected chi connectivity index (χ4v) is 1.72. The van der Waals surface area contributed by atoms with Gasteiger partial charge in [0.05, 0.1) is 7.11 Å². The van der Waals surface area contributed by atoms with E-state index < -0.39 is 0 Å². The van der Waals surface area contributed by atoms with Crippen LogP contribution in [-0.2, 0) is 0 Å². The standard InChI is InChI=1S/C11H16N2O.BrH/c1-14-11-4-2-10(3-5-11)13-8-6-12-7-9-13;/h2-5,12H,6-9H2,1H3;1H. The van der Waals surface area contributed by atoms with E-state index in [0.29, 0.717) is 0 Å². The molecular weight excluding hydrogens is 256 g/mol. The summed E-state index contributed by atoms with van der Waals surface area (Å²) in [6.07, 6.45) is 0. The zero-order chi connectivity index (χ0) is 9.80. The molecule has 2 rings (SSSR count). The molecule has 0 radical (unpaired) electrons. The van der Waals surface area contributed by atoms with Crippen molar-refractivity contribution in [3.63, 3.8) is 0 Å². The molecule has 0 saturated carbocycles. The lowest BCUT2D eigenvalue weighted by Crippen LogP contribution is -2.43. The fourth-order valence-electron chi connectivity index (χ4n) is 1.72. The second-order valence-electron chi connectivity index (χ2n) is 3.44. The molecule has 3 nitrogen and oxygen atoms in total. The minimum absolute atomic E-state index is 0. The number of hydrogen-bond acceptors (Lipinski definition) is 3. The van der Waals surface area contributed by atoms with Crippen molar-refractivity contribution >= 4 is 22.7 Å². The van der Waals surface area contributed by atoms with Crippen molar-refractivity contribution in [2.45, 2.75) is 0 Å². The normalized spacial score (nSPS) is 15.7. The average molecular weight is 273 g/mol. The summed E-state index contributed by atoms with van der Waals surface area (Å²) in [5.74, 6) is 0.920. The lowest BCUT2D eigenvalue weighted by molar-refractivity contribution is 0.415. The SMILES string of the molecule is Br.COc1ccc(N2CCNCC2)cc1. The number of anilines is 1. The van der Waals surface area contributed by atoms with Crippen LogP contribution in [0.15, 0.2) is 24.3 Å². The van der Waals surface area contributed by atoms with Gasteiger partial charge >= 0.3 is 0 Å². The number of halogens is 1. The summed E-state index contributed by atoms with van der Waals surface area (Å²) in [4.78, 5) is 2.38. The van der Waals surface area contributed by atoms with Gasteiger partial charge in [0.15, 0.2) is 0 Å². The maximum Gasteiger partial charge on any atom is 0.119 e. The van der Waals surface area contributed by atoms with E-state index >= 15 is 0 Å². The molecule has 1 aromatic carbocycles. The Morgan fingerprint density at radius 1 is 1.13 bits per heavy atom. The molecular formula is C11H17BrN2O. The smallest absolute Gasteiger partial charge is 0.119 e. The number of hydrogen-bond donors (Lipinski definition) is 1. The predicted octanol–water partition coefficient (Wildman–Crippen LogP) is 1.68. The van der Waals surface area contributed by atoms with Crippen LogP contribution in [0.5, 0.6) is 5.75 Å². The summed E-state index contributed by atoms with van der Waals surface area (Å²) in [7, 11) is 1.69. The molecule has 0 atom stereocenters. The molecule has 84 valence electrons. The third-order valence-corrected chi connectivity index (χ3v) is 2.55. The van der Waals surface area contributed by atoms with Crippen molar-refractivity contribution in [3.8, 4) is 5.75 Å². The number of benzene rings is 1. The topological polar surface area (TPSA) is 24.5 Å². The molecule has 0 unspecified atom stereocenters. The largest absolute Gasteiger partial charge is 0.497 e. The van der Waals surface area contributed by atoms with Gasteiger partial charge in [0.2, 0.25) is 0 Å². The van der Waals surface area contributed by atoms with Crippen LogP contribution in [0.4, 0.5) is 5.69 Å². The molecule has 1 saturated heterocycles. The van der Waals surface area contributed by atoms with Crippen LogP contribution in [0.25, 0.3) is 0 Å². The van der Waals surface area contributed by atoms with E-state index in [1.165, 1.54) is 5.69 Å². The second-order valence-corrected chi connectivity index (χ2v) is 3.44. The van der Waals surface area contributed by atoms with E-state index in [-0.39, 0.29) is 17.0 Å². The molecule has 0 aliphatic carbocycles. The molecule has 1 aliphatic heterocycles.